The van der Waals surface area contributed by atoms with Crippen LogP contribution in [0.5, 0.6) is 0 Å². The molecule has 1 fully saturated rings. The smallest absolute Gasteiger partial charge is 0.171 e. The van der Waals surface area contributed by atoms with Crippen molar-refractivity contribution in [1.29, 1.82) is 0 Å². The highest BCUT2D eigenvalue weighted by molar-refractivity contribution is 7.99. The lowest BCUT2D eigenvalue weighted by atomic mass is 9.73. The van der Waals surface area contributed by atoms with Crippen LogP contribution < -0.4 is 16.4 Å². The Bertz CT molecular complexity index is 1390. The standard InChI is InChI=1S/C25H26ClN7S/c1-15-12-19(32-10-7-25(8-11-32)13-16-4-2-3-5-17(16)22(25)27)33-24(30-14-31-33)21(15)34-18-6-9-29-23(28)20(18)26/h2-6,9,12,14,22H,7-8,10-11,13,27H2,1H3,(H2,28,29)/t22-/m1/s1. The number of aryl methyl sites for hydroxylation is 1. The van der Waals surface area contributed by atoms with Crippen LogP contribution in [0, 0.1) is 12.3 Å². The van der Waals surface area contributed by atoms with Gasteiger partial charge in [-0.15, -0.1) is 0 Å². The van der Waals surface area contributed by atoms with E-state index in [1.54, 1.807) is 24.3 Å². The first-order chi connectivity index (χ1) is 16.5. The lowest BCUT2D eigenvalue weighted by molar-refractivity contribution is 0.187. The minimum absolute atomic E-state index is 0.107. The first-order valence-corrected chi connectivity index (χ1v) is 12.7. The van der Waals surface area contributed by atoms with Gasteiger partial charge < -0.3 is 16.4 Å². The third-order valence-electron chi connectivity index (χ3n) is 7.44. The molecule has 9 heteroatoms. The summed E-state index contributed by atoms with van der Waals surface area (Å²) in [6.07, 6.45) is 6.46. The molecule has 1 aliphatic carbocycles. The number of nitrogen functional groups attached to an aromatic ring is 1. The summed E-state index contributed by atoms with van der Waals surface area (Å²) < 4.78 is 1.94. The van der Waals surface area contributed by atoms with Crippen LogP contribution in [0.25, 0.3) is 5.65 Å². The van der Waals surface area contributed by atoms with Crippen molar-refractivity contribution in [3.05, 3.63) is 70.6 Å². The molecular formula is C25H26ClN7S. The predicted molar refractivity (Wildman–Crippen MR) is 136 cm³/mol. The molecule has 7 nitrogen and oxygen atoms in total. The second-order valence-corrected chi connectivity index (χ2v) is 10.8. The fourth-order valence-corrected chi connectivity index (χ4v) is 6.75. The molecule has 1 aliphatic heterocycles. The zero-order chi connectivity index (χ0) is 23.4. The van der Waals surface area contributed by atoms with Crippen molar-refractivity contribution in [2.24, 2.45) is 11.1 Å². The molecule has 2 aliphatic rings. The number of rotatable bonds is 3. The Hall–Kier alpha value is -2.81. The van der Waals surface area contributed by atoms with Gasteiger partial charge in [-0.2, -0.15) is 9.61 Å². The van der Waals surface area contributed by atoms with Crippen LogP contribution in [0.15, 0.2) is 58.7 Å². The highest BCUT2D eigenvalue weighted by atomic mass is 35.5. The van der Waals surface area contributed by atoms with Gasteiger partial charge >= 0.3 is 0 Å². The lowest BCUT2D eigenvalue weighted by Gasteiger charge is -2.43. The van der Waals surface area contributed by atoms with E-state index in [9.17, 15) is 0 Å². The zero-order valence-electron chi connectivity index (χ0n) is 18.9. The third-order valence-corrected chi connectivity index (χ3v) is 9.22. The van der Waals surface area contributed by atoms with Crippen LogP contribution in [0.3, 0.4) is 0 Å². The van der Waals surface area contributed by atoms with E-state index in [1.165, 1.54) is 11.1 Å². The average molecular weight is 492 g/mol. The molecule has 1 aromatic carbocycles. The van der Waals surface area contributed by atoms with Gasteiger partial charge in [0, 0.05) is 30.2 Å². The van der Waals surface area contributed by atoms with Gasteiger partial charge in [-0.3, -0.25) is 0 Å². The Morgan fingerprint density at radius 1 is 1.15 bits per heavy atom. The molecule has 0 radical (unpaired) electrons. The molecule has 1 saturated heterocycles. The molecule has 0 unspecified atom stereocenters. The van der Waals surface area contributed by atoms with Crippen molar-refractivity contribution in [2.45, 2.75) is 42.0 Å². The summed E-state index contributed by atoms with van der Waals surface area (Å²) in [5, 5.41) is 5.03. The molecule has 34 heavy (non-hydrogen) atoms. The van der Waals surface area contributed by atoms with Gasteiger partial charge in [0.25, 0.3) is 0 Å². The van der Waals surface area contributed by atoms with Crippen molar-refractivity contribution in [3.63, 3.8) is 0 Å². The number of hydrogen-bond donors (Lipinski definition) is 2. The minimum Gasteiger partial charge on any atom is -0.382 e. The van der Waals surface area contributed by atoms with Crippen LogP contribution in [0.1, 0.15) is 35.6 Å². The highest BCUT2D eigenvalue weighted by Crippen LogP contribution is 2.51. The van der Waals surface area contributed by atoms with E-state index >= 15 is 0 Å². The molecule has 174 valence electrons. The molecule has 1 atom stereocenters. The molecule has 4 aromatic rings. The number of nitrogens with zero attached hydrogens (tertiary/aromatic N) is 5. The summed E-state index contributed by atoms with van der Waals surface area (Å²) in [4.78, 5) is 12.9. The molecule has 0 amide bonds. The van der Waals surface area contributed by atoms with Crippen molar-refractivity contribution < 1.29 is 0 Å². The molecule has 0 bridgehead atoms. The quantitative estimate of drug-likeness (QED) is 0.430. The summed E-state index contributed by atoms with van der Waals surface area (Å²) in [6.45, 7) is 3.98. The number of pyridine rings is 2. The monoisotopic (exact) mass is 491 g/mol. The van der Waals surface area contributed by atoms with Crippen LogP contribution in [0.2, 0.25) is 5.02 Å². The summed E-state index contributed by atoms with van der Waals surface area (Å²) in [6, 6.07) is 12.8. The van der Waals surface area contributed by atoms with Crippen molar-refractivity contribution in [2.75, 3.05) is 23.7 Å². The molecule has 1 spiro atoms. The number of fused-ring (bicyclic) bond motifs is 2. The van der Waals surface area contributed by atoms with Crippen molar-refractivity contribution >= 4 is 40.6 Å². The maximum Gasteiger partial charge on any atom is 0.171 e. The fraction of sp³-hybridized carbons (Fsp3) is 0.320. The minimum atomic E-state index is 0.107. The molecule has 3 aromatic heterocycles. The number of nitrogens with two attached hydrogens (primary N) is 2. The summed E-state index contributed by atoms with van der Waals surface area (Å²) in [5.74, 6) is 1.39. The number of benzene rings is 1. The molecule has 4 N–H and O–H groups in total. The first-order valence-electron chi connectivity index (χ1n) is 11.5. The lowest BCUT2D eigenvalue weighted by Crippen LogP contribution is -2.45. The topological polar surface area (TPSA) is 98.4 Å². The van der Waals surface area contributed by atoms with E-state index in [-0.39, 0.29) is 11.5 Å². The van der Waals surface area contributed by atoms with E-state index in [0.717, 1.165) is 59.2 Å². The maximum atomic E-state index is 6.78. The van der Waals surface area contributed by atoms with E-state index < -0.39 is 0 Å². The van der Waals surface area contributed by atoms with Crippen LogP contribution in [-0.2, 0) is 6.42 Å². The zero-order valence-corrected chi connectivity index (χ0v) is 20.5. The Balaban J connectivity index is 1.29. The number of anilines is 2. The van der Waals surface area contributed by atoms with E-state index in [4.69, 9.17) is 23.1 Å². The Kier molecular flexibility index (Phi) is 5.20. The summed E-state index contributed by atoms with van der Waals surface area (Å²) in [7, 11) is 0. The number of halogens is 1. The number of hydrogen-bond acceptors (Lipinski definition) is 7. The maximum absolute atomic E-state index is 6.78. The van der Waals surface area contributed by atoms with Crippen molar-refractivity contribution in [3.8, 4) is 0 Å². The van der Waals surface area contributed by atoms with E-state index in [2.05, 4.69) is 57.2 Å². The first kappa shape index (κ1) is 21.7. The highest BCUT2D eigenvalue weighted by Gasteiger charge is 2.46. The Morgan fingerprint density at radius 2 is 1.94 bits per heavy atom. The third kappa shape index (κ3) is 3.35. The van der Waals surface area contributed by atoms with Gasteiger partial charge in [0.1, 0.15) is 18.0 Å². The summed E-state index contributed by atoms with van der Waals surface area (Å²) in [5.41, 5.74) is 17.5. The van der Waals surface area contributed by atoms with E-state index in [1.807, 2.05) is 10.6 Å². The van der Waals surface area contributed by atoms with Crippen LogP contribution in [-0.4, -0.2) is 32.7 Å². The van der Waals surface area contributed by atoms with Gasteiger partial charge in [-0.25, -0.2) is 9.97 Å². The van der Waals surface area contributed by atoms with Gasteiger partial charge in [-0.05, 0) is 60.4 Å². The predicted octanol–water partition coefficient (Wildman–Crippen LogP) is 4.66. The van der Waals surface area contributed by atoms with Gasteiger partial charge in [0.05, 0.1) is 9.92 Å². The second-order valence-electron chi connectivity index (χ2n) is 9.32. The van der Waals surface area contributed by atoms with Crippen molar-refractivity contribution in [1.82, 2.24) is 19.6 Å². The van der Waals surface area contributed by atoms with Gasteiger partial charge in [0.15, 0.2) is 5.65 Å². The second kappa shape index (κ2) is 8.15. The normalized spacial score (nSPS) is 19.1. The number of piperidine rings is 1. The SMILES string of the molecule is Cc1cc(N2CCC3(CC2)Cc2ccccc2[C@H]3N)n2ncnc2c1Sc1ccnc(N)c1Cl. The average Bonchev–Trinajstić information content (AvgIpc) is 3.43. The number of aromatic nitrogens is 4. The fourth-order valence-electron chi connectivity index (χ4n) is 5.53. The van der Waals surface area contributed by atoms with E-state index in [0.29, 0.717) is 10.8 Å². The van der Waals surface area contributed by atoms with Gasteiger partial charge in [0.2, 0.25) is 0 Å². The molecule has 0 saturated carbocycles. The Morgan fingerprint density at radius 3 is 2.74 bits per heavy atom. The molecular weight excluding hydrogens is 466 g/mol. The van der Waals surface area contributed by atoms with Crippen LogP contribution >= 0.6 is 23.4 Å². The Labute approximate surface area is 207 Å². The van der Waals surface area contributed by atoms with Crippen LogP contribution in [0.4, 0.5) is 11.6 Å². The van der Waals surface area contributed by atoms with Gasteiger partial charge in [-0.1, -0.05) is 47.6 Å². The largest absolute Gasteiger partial charge is 0.382 e. The summed E-state index contributed by atoms with van der Waals surface area (Å²) >= 11 is 7.95. The molecule has 6 rings (SSSR count). The molecule has 4 heterocycles.